The van der Waals surface area contributed by atoms with E-state index in [4.69, 9.17) is 15.3 Å². The molecule has 0 bridgehead atoms. The summed E-state index contributed by atoms with van der Waals surface area (Å²) in [6.07, 6.45) is 3.56. The Labute approximate surface area is 125 Å². The van der Waals surface area contributed by atoms with Gasteiger partial charge in [-0.2, -0.15) is 0 Å². The number of nitrogens with one attached hydrogen (secondary N) is 1. The molecule has 1 unspecified atom stereocenters. The van der Waals surface area contributed by atoms with Gasteiger partial charge in [0.05, 0.1) is 25.5 Å². The molecule has 0 aliphatic rings. The average molecular weight is 287 g/mol. The number of benzene rings is 1. The topological polar surface area (TPSA) is 69.4 Å². The summed E-state index contributed by atoms with van der Waals surface area (Å²) in [6, 6.07) is 9.59. The van der Waals surface area contributed by atoms with Crippen LogP contribution in [0.2, 0.25) is 0 Å². The predicted molar refractivity (Wildman–Crippen MR) is 82.2 cm³/mol. The Morgan fingerprint density at radius 3 is 2.52 bits per heavy atom. The van der Waals surface area contributed by atoms with Gasteiger partial charge in [0.25, 0.3) is 0 Å². The van der Waals surface area contributed by atoms with Gasteiger partial charge in [-0.25, -0.2) is 5.43 Å². The fourth-order valence-corrected chi connectivity index (χ4v) is 2.13. The molecule has 2 rings (SSSR count). The zero-order valence-corrected chi connectivity index (χ0v) is 12.5. The summed E-state index contributed by atoms with van der Waals surface area (Å²) in [7, 11) is 1.61. The van der Waals surface area contributed by atoms with Crippen LogP contribution >= 0.6 is 0 Å². The van der Waals surface area contributed by atoms with E-state index >= 15 is 0 Å². The first-order valence-corrected chi connectivity index (χ1v) is 6.85. The van der Waals surface area contributed by atoms with E-state index in [9.17, 15) is 0 Å². The number of hydrogen-bond donors (Lipinski definition) is 2. The Balaban J connectivity index is 2.32. The Morgan fingerprint density at radius 2 is 1.86 bits per heavy atom. The molecule has 0 radical (unpaired) electrons. The van der Waals surface area contributed by atoms with Gasteiger partial charge in [0.15, 0.2) is 0 Å². The highest BCUT2D eigenvalue weighted by molar-refractivity contribution is 5.37. The number of nitrogens with zero attached hydrogens (tertiary/aromatic N) is 1. The number of hydrazine groups is 1. The second-order valence-electron chi connectivity index (χ2n) is 5.00. The molecule has 0 saturated heterocycles. The molecule has 1 aromatic carbocycles. The molecule has 0 saturated carbocycles. The fourth-order valence-electron chi connectivity index (χ4n) is 2.13. The van der Waals surface area contributed by atoms with Crippen molar-refractivity contribution in [2.75, 3.05) is 7.11 Å². The highest BCUT2D eigenvalue weighted by Crippen LogP contribution is 2.26. The van der Waals surface area contributed by atoms with Crippen molar-refractivity contribution in [3.63, 3.8) is 0 Å². The summed E-state index contributed by atoms with van der Waals surface area (Å²) in [5.74, 6) is 7.24. The smallest absolute Gasteiger partial charge is 0.137 e. The molecular formula is C16H21N3O2. The molecule has 0 aliphatic carbocycles. The molecule has 5 heteroatoms. The van der Waals surface area contributed by atoms with Crippen molar-refractivity contribution in [2.24, 2.45) is 5.84 Å². The number of ether oxygens (including phenoxy) is 2. The van der Waals surface area contributed by atoms with Crippen molar-refractivity contribution in [3.05, 3.63) is 53.9 Å². The van der Waals surface area contributed by atoms with Crippen LogP contribution in [0.1, 0.15) is 31.0 Å². The van der Waals surface area contributed by atoms with Crippen LogP contribution in [0, 0.1) is 0 Å². The van der Waals surface area contributed by atoms with Crippen molar-refractivity contribution in [2.45, 2.75) is 26.0 Å². The van der Waals surface area contributed by atoms with E-state index in [1.807, 2.05) is 44.2 Å². The second-order valence-corrected chi connectivity index (χ2v) is 5.00. The lowest BCUT2D eigenvalue weighted by Gasteiger charge is -2.18. The lowest BCUT2D eigenvalue weighted by molar-refractivity contribution is 0.242. The van der Waals surface area contributed by atoms with E-state index in [1.54, 1.807) is 19.5 Å². The van der Waals surface area contributed by atoms with E-state index < -0.39 is 0 Å². The van der Waals surface area contributed by atoms with Gasteiger partial charge in [0.1, 0.15) is 11.5 Å². The number of methoxy groups -OCH3 is 1. The summed E-state index contributed by atoms with van der Waals surface area (Å²) in [5.41, 5.74) is 4.75. The van der Waals surface area contributed by atoms with E-state index in [1.165, 1.54) is 0 Å². The van der Waals surface area contributed by atoms with E-state index in [0.717, 1.165) is 16.9 Å². The van der Waals surface area contributed by atoms with Crippen LogP contribution in [0.5, 0.6) is 11.5 Å². The first-order valence-electron chi connectivity index (χ1n) is 6.85. The fraction of sp³-hybridized carbons (Fsp3) is 0.312. The maximum absolute atomic E-state index is 5.72. The van der Waals surface area contributed by atoms with Crippen molar-refractivity contribution in [1.29, 1.82) is 0 Å². The van der Waals surface area contributed by atoms with Gasteiger partial charge in [-0.15, -0.1) is 0 Å². The standard InChI is InChI=1S/C16H21N3O2/c1-11(2)21-14-6-4-5-12(7-14)16(19-17)13-8-15(20-3)10-18-9-13/h4-11,16,19H,17H2,1-3H3. The van der Waals surface area contributed by atoms with Crippen molar-refractivity contribution in [1.82, 2.24) is 10.4 Å². The van der Waals surface area contributed by atoms with Crippen LogP contribution in [-0.4, -0.2) is 18.2 Å². The summed E-state index contributed by atoms with van der Waals surface area (Å²) < 4.78 is 10.9. The van der Waals surface area contributed by atoms with Gasteiger partial charge in [-0.3, -0.25) is 10.8 Å². The SMILES string of the molecule is COc1cncc(C(NN)c2cccc(OC(C)C)c2)c1. The molecule has 0 fully saturated rings. The summed E-state index contributed by atoms with van der Waals surface area (Å²) in [4.78, 5) is 4.17. The zero-order chi connectivity index (χ0) is 15.2. The first-order chi connectivity index (χ1) is 10.1. The van der Waals surface area contributed by atoms with Crippen LogP contribution in [0.25, 0.3) is 0 Å². The molecule has 112 valence electrons. The minimum Gasteiger partial charge on any atom is -0.495 e. The zero-order valence-electron chi connectivity index (χ0n) is 12.5. The number of rotatable bonds is 6. The van der Waals surface area contributed by atoms with Crippen molar-refractivity contribution < 1.29 is 9.47 Å². The van der Waals surface area contributed by atoms with E-state index in [-0.39, 0.29) is 12.1 Å². The lowest BCUT2D eigenvalue weighted by Crippen LogP contribution is -2.29. The minimum atomic E-state index is -0.177. The predicted octanol–water partition coefficient (Wildman–Crippen LogP) is 2.43. The normalized spacial score (nSPS) is 12.2. The van der Waals surface area contributed by atoms with Crippen LogP contribution in [0.15, 0.2) is 42.7 Å². The van der Waals surface area contributed by atoms with Gasteiger partial charge < -0.3 is 9.47 Å². The van der Waals surface area contributed by atoms with Gasteiger partial charge in [-0.05, 0) is 43.2 Å². The summed E-state index contributed by atoms with van der Waals surface area (Å²) >= 11 is 0. The third-order valence-electron chi connectivity index (χ3n) is 3.03. The number of pyridine rings is 1. The van der Waals surface area contributed by atoms with Gasteiger partial charge >= 0.3 is 0 Å². The maximum atomic E-state index is 5.72. The molecule has 0 aliphatic heterocycles. The number of nitrogens with two attached hydrogens (primary N) is 1. The Bertz CT molecular complexity index is 587. The van der Waals surface area contributed by atoms with E-state index in [0.29, 0.717) is 5.75 Å². The molecule has 2 aromatic rings. The molecule has 1 atom stereocenters. The molecule has 21 heavy (non-hydrogen) atoms. The molecule has 0 spiro atoms. The molecule has 1 heterocycles. The third-order valence-corrected chi connectivity index (χ3v) is 3.03. The molecule has 5 nitrogen and oxygen atoms in total. The Morgan fingerprint density at radius 1 is 1.10 bits per heavy atom. The van der Waals surface area contributed by atoms with Gasteiger partial charge in [-0.1, -0.05) is 12.1 Å². The minimum absolute atomic E-state index is 0.128. The van der Waals surface area contributed by atoms with Gasteiger partial charge in [0.2, 0.25) is 0 Å². The van der Waals surface area contributed by atoms with Crippen molar-refractivity contribution in [3.8, 4) is 11.5 Å². The Hall–Kier alpha value is -2.11. The molecule has 1 aromatic heterocycles. The van der Waals surface area contributed by atoms with Crippen LogP contribution in [0.3, 0.4) is 0 Å². The van der Waals surface area contributed by atoms with Crippen LogP contribution in [0.4, 0.5) is 0 Å². The molecule has 3 N–H and O–H groups in total. The monoisotopic (exact) mass is 287 g/mol. The molecular weight excluding hydrogens is 266 g/mol. The third kappa shape index (κ3) is 3.93. The molecule has 0 amide bonds. The van der Waals surface area contributed by atoms with Crippen LogP contribution < -0.4 is 20.7 Å². The largest absolute Gasteiger partial charge is 0.495 e. The first kappa shape index (κ1) is 15.3. The highest BCUT2D eigenvalue weighted by Gasteiger charge is 2.14. The Kier molecular flexibility index (Phi) is 5.14. The lowest BCUT2D eigenvalue weighted by atomic mass is 10.0. The van der Waals surface area contributed by atoms with Gasteiger partial charge in [0, 0.05) is 6.20 Å². The number of aromatic nitrogens is 1. The average Bonchev–Trinajstić information content (AvgIpc) is 2.48. The van der Waals surface area contributed by atoms with E-state index in [2.05, 4.69) is 10.4 Å². The van der Waals surface area contributed by atoms with Crippen LogP contribution in [-0.2, 0) is 0 Å². The highest BCUT2D eigenvalue weighted by atomic mass is 16.5. The van der Waals surface area contributed by atoms with Crippen molar-refractivity contribution >= 4 is 0 Å². The maximum Gasteiger partial charge on any atom is 0.137 e. The summed E-state index contributed by atoms with van der Waals surface area (Å²) in [6.45, 7) is 3.99. The quantitative estimate of drug-likeness (QED) is 0.631. The second kappa shape index (κ2) is 7.06. The number of hydrogen-bond acceptors (Lipinski definition) is 5. The summed E-state index contributed by atoms with van der Waals surface area (Å²) in [5, 5.41) is 0.